The van der Waals surface area contributed by atoms with Crippen LogP contribution < -0.4 is 0 Å². The van der Waals surface area contributed by atoms with Crippen LogP contribution in [-0.2, 0) is 9.53 Å². The van der Waals surface area contributed by atoms with Crippen LogP contribution in [0.5, 0.6) is 0 Å². The predicted octanol–water partition coefficient (Wildman–Crippen LogP) is 0.823. The molecule has 0 saturated carbocycles. The van der Waals surface area contributed by atoms with Gasteiger partial charge in [-0.15, -0.1) is 0 Å². The maximum Gasteiger partial charge on any atom is 0.306 e. The van der Waals surface area contributed by atoms with E-state index in [-0.39, 0.29) is 5.97 Å². The number of hydrogen-bond acceptors (Lipinski definition) is 4. The smallest absolute Gasteiger partial charge is 0.306 e. The molecule has 16 heavy (non-hydrogen) atoms. The second kappa shape index (κ2) is 6.86. The summed E-state index contributed by atoms with van der Waals surface area (Å²) in [7, 11) is 5.71. The average Bonchev–Trinajstić information content (AvgIpc) is 2.27. The molecule has 1 aliphatic heterocycles. The molecule has 1 heterocycles. The van der Waals surface area contributed by atoms with E-state index in [0.717, 1.165) is 25.6 Å². The quantitative estimate of drug-likeness (QED) is 0.652. The van der Waals surface area contributed by atoms with Crippen molar-refractivity contribution in [2.45, 2.75) is 19.3 Å². The largest absolute Gasteiger partial charge is 0.469 e. The fourth-order valence-corrected chi connectivity index (χ4v) is 2.26. The van der Waals surface area contributed by atoms with E-state index in [1.807, 2.05) is 0 Å². The molecule has 1 aliphatic rings. The summed E-state index contributed by atoms with van der Waals surface area (Å²) in [5, 5.41) is 0. The summed E-state index contributed by atoms with van der Waals surface area (Å²) in [5.41, 5.74) is 0. The molecule has 0 atom stereocenters. The fourth-order valence-electron chi connectivity index (χ4n) is 2.26. The third-order valence-corrected chi connectivity index (χ3v) is 3.19. The number of likely N-dealkylation sites (tertiary alicyclic amines) is 1. The molecular formula is C12H24N2O2. The highest BCUT2D eigenvalue weighted by molar-refractivity contribution is 5.69. The highest BCUT2D eigenvalue weighted by atomic mass is 16.5. The van der Waals surface area contributed by atoms with E-state index in [0.29, 0.717) is 6.42 Å². The van der Waals surface area contributed by atoms with E-state index in [2.05, 4.69) is 28.6 Å². The SMILES string of the molecule is COC(=O)CCN1CCC(CN(C)C)CC1. The summed E-state index contributed by atoms with van der Waals surface area (Å²) >= 11 is 0. The third kappa shape index (κ3) is 4.94. The first-order valence-electron chi connectivity index (χ1n) is 6.05. The predicted molar refractivity (Wildman–Crippen MR) is 64.4 cm³/mol. The molecule has 94 valence electrons. The van der Waals surface area contributed by atoms with Crippen LogP contribution in [0.3, 0.4) is 0 Å². The molecule has 0 aliphatic carbocycles. The van der Waals surface area contributed by atoms with Crippen LogP contribution in [0.1, 0.15) is 19.3 Å². The van der Waals surface area contributed by atoms with E-state index in [4.69, 9.17) is 0 Å². The van der Waals surface area contributed by atoms with Gasteiger partial charge in [0.1, 0.15) is 0 Å². The Balaban J connectivity index is 2.14. The topological polar surface area (TPSA) is 32.8 Å². The maximum atomic E-state index is 11.0. The summed E-state index contributed by atoms with van der Waals surface area (Å²) in [6.45, 7) is 4.28. The molecular weight excluding hydrogens is 204 g/mol. The average molecular weight is 228 g/mol. The van der Waals surface area contributed by atoms with Crippen LogP contribution in [-0.4, -0.2) is 63.2 Å². The van der Waals surface area contributed by atoms with E-state index in [1.54, 1.807) is 0 Å². The summed E-state index contributed by atoms with van der Waals surface area (Å²) in [6.07, 6.45) is 3.02. The Hall–Kier alpha value is -0.610. The van der Waals surface area contributed by atoms with Gasteiger partial charge in [-0.2, -0.15) is 0 Å². The van der Waals surface area contributed by atoms with Gasteiger partial charge < -0.3 is 14.5 Å². The lowest BCUT2D eigenvalue weighted by atomic mass is 9.96. The van der Waals surface area contributed by atoms with Crippen molar-refractivity contribution in [3.8, 4) is 0 Å². The van der Waals surface area contributed by atoms with Crippen molar-refractivity contribution in [1.82, 2.24) is 9.80 Å². The normalized spacial score (nSPS) is 19.0. The molecule has 0 radical (unpaired) electrons. The molecule has 1 rings (SSSR count). The van der Waals surface area contributed by atoms with Crippen molar-refractivity contribution < 1.29 is 9.53 Å². The first kappa shape index (κ1) is 13.5. The Bertz CT molecular complexity index is 211. The van der Waals surface area contributed by atoms with Gasteiger partial charge in [-0.25, -0.2) is 0 Å². The molecule has 0 spiro atoms. The number of hydrogen-bond donors (Lipinski definition) is 0. The summed E-state index contributed by atoms with van der Waals surface area (Å²) in [4.78, 5) is 15.6. The van der Waals surface area contributed by atoms with Crippen molar-refractivity contribution in [1.29, 1.82) is 0 Å². The second-order valence-corrected chi connectivity index (χ2v) is 4.87. The van der Waals surface area contributed by atoms with E-state index in [1.165, 1.54) is 26.5 Å². The van der Waals surface area contributed by atoms with Gasteiger partial charge in [-0.3, -0.25) is 4.79 Å². The fraction of sp³-hybridized carbons (Fsp3) is 0.917. The number of nitrogens with zero attached hydrogens (tertiary/aromatic N) is 2. The molecule has 0 aromatic rings. The minimum Gasteiger partial charge on any atom is -0.469 e. The van der Waals surface area contributed by atoms with Crippen molar-refractivity contribution in [3.63, 3.8) is 0 Å². The van der Waals surface area contributed by atoms with Crippen LogP contribution in [0.25, 0.3) is 0 Å². The molecule has 4 heteroatoms. The van der Waals surface area contributed by atoms with Gasteiger partial charge in [-0.05, 0) is 45.9 Å². The zero-order valence-electron chi connectivity index (χ0n) is 10.7. The highest BCUT2D eigenvalue weighted by Gasteiger charge is 2.19. The zero-order chi connectivity index (χ0) is 12.0. The lowest BCUT2D eigenvalue weighted by Gasteiger charge is -2.32. The lowest BCUT2D eigenvalue weighted by Crippen LogP contribution is -2.38. The summed E-state index contributed by atoms with van der Waals surface area (Å²) in [6, 6.07) is 0. The van der Waals surface area contributed by atoms with Crippen LogP contribution in [0, 0.1) is 5.92 Å². The van der Waals surface area contributed by atoms with E-state index < -0.39 is 0 Å². The molecule has 0 bridgehead atoms. The summed E-state index contributed by atoms with van der Waals surface area (Å²) in [5.74, 6) is 0.722. The van der Waals surface area contributed by atoms with Crippen LogP contribution in [0.4, 0.5) is 0 Å². The number of methoxy groups -OCH3 is 1. The number of carbonyl (C=O) groups excluding carboxylic acids is 1. The molecule has 0 amide bonds. The Morgan fingerprint density at radius 1 is 1.38 bits per heavy atom. The molecule has 0 aromatic carbocycles. The number of rotatable bonds is 5. The van der Waals surface area contributed by atoms with Crippen molar-refractivity contribution in [3.05, 3.63) is 0 Å². The third-order valence-electron chi connectivity index (χ3n) is 3.19. The van der Waals surface area contributed by atoms with Crippen LogP contribution >= 0.6 is 0 Å². The Morgan fingerprint density at radius 3 is 2.50 bits per heavy atom. The van der Waals surface area contributed by atoms with Crippen molar-refractivity contribution in [2.24, 2.45) is 5.92 Å². The second-order valence-electron chi connectivity index (χ2n) is 4.87. The van der Waals surface area contributed by atoms with Gasteiger partial charge in [0, 0.05) is 13.1 Å². The molecule has 1 saturated heterocycles. The Labute approximate surface area is 98.5 Å². The van der Waals surface area contributed by atoms with Crippen LogP contribution in [0.15, 0.2) is 0 Å². The first-order chi connectivity index (χ1) is 7.61. The Morgan fingerprint density at radius 2 is 2.00 bits per heavy atom. The molecule has 0 unspecified atom stereocenters. The zero-order valence-corrected chi connectivity index (χ0v) is 10.7. The first-order valence-corrected chi connectivity index (χ1v) is 6.05. The van der Waals surface area contributed by atoms with Crippen molar-refractivity contribution >= 4 is 5.97 Å². The van der Waals surface area contributed by atoms with Gasteiger partial charge in [0.2, 0.25) is 0 Å². The molecule has 1 fully saturated rings. The van der Waals surface area contributed by atoms with Gasteiger partial charge in [-0.1, -0.05) is 0 Å². The van der Waals surface area contributed by atoms with Gasteiger partial charge >= 0.3 is 5.97 Å². The monoisotopic (exact) mass is 228 g/mol. The highest BCUT2D eigenvalue weighted by Crippen LogP contribution is 2.17. The van der Waals surface area contributed by atoms with Gasteiger partial charge in [0.15, 0.2) is 0 Å². The van der Waals surface area contributed by atoms with Gasteiger partial charge in [0.25, 0.3) is 0 Å². The van der Waals surface area contributed by atoms with E-state index in [9.17, 15) is 4.79 Å². The lowest BCUT2D eigenvalue weighted by molar-refractivity contribution is -0.141. The standard InChI is InChI=1S/C12H24N2O2/c1-13(2)10-11-4-7-14(8-5-11)9-6-12(15)16-3/h11H,4-10H2,1-3H3. The molecule has 4 nitrogen and oxygen atoms in total. The van der Waals surface area contributed by atoms with E-state index >= 15 is 0 Å². The Kier molecular flexibility index (Phi) is 5.77. The van der Waals surface area contributed by atoms with Crippen molar-refractivity contribution in [2.75, 3.05) is 47.4 Å². The molecule has 0 aromatic heterocycles. The number of piperidine rings is 1. The minimum absolute atomic E-state index is 0.101. The number of ether oxygens (including phenoxy) is 1. The number of carbonyl (C=O) groups is 1. The molecule has 0 N–H and O–H groups in total. The van der Waals surface area contributed by atoms with Gasteiger partial charge in [0.05, 0.1) is 13.5 Å². The maximum absolute atomic E-state index is 11.0. The minimum atomic E-state index is -0.101. The summed E-state index contributed by atoms with van der Waals surface area (Å²) < 4.78 is 4.64. The number of esters is 1. The van der Waals surface area contributed by atoms with Crippen LogP contribution in [0.2, 0.25) is 0 Å².